The van der Waals surface area contributed by atoms with Crippen LogP contribution in [-0.4, -0.2) is 31.2 Å². The van der Waals surface area contributed by atoms with Crippen molar-refractivity contribution < 1.29 is 13.5 Å². The second kappa shape index (κ2) is 5.42. The van der Waals surface area contributed by atoms with Crippen LogP contribution in [0.15, 0.2) is 35.4 Å². The summed E-state index contributed by atoms with van der Waals surface area (Å²) in [6.45, 7) is 1.30. The molecule has 0 bridgehead atoms. The van der Waals surface area contributed by atoms with Gasteiger partial charge in [-0.3, -0.25) is 4.98 Å². The van der Waals surface area contributed by atoms with E-state index in [2.05, 4.69) is 9.71 Å². The molecule has 1 aromatic carbocycles. The molecule has 0 spiro atoms. The summed E-state index contributed by atoms with van der Waals surface area (Å²) in [6, 6.07) is 5.65. The van der Waals surface area contributed by atoms with E-state index in [4.69, 9.17) is 16.7 Å². The third kappa shape index (κ3) is 2.87. The van der Waals surface area contributed by atoms with Gasteiger partial charge in [-0.1, -0.05) is 11.6 Å². The van der Waals surface area contributed by atoms with E-state index in [0.717, 1.165) is 0 Å². The van der Waals surface area contributed by atoms with E-state index in [-0.39, 0.29) is 11.5 Å². The lowest BCUT2D eigenvalue weighted by atomic mass is 10.2. The topological polar surface area (TPSA) is 79.3 Å². The molecule has 2 rings (SSSR count). The number of aromatic nitrogens is 1. The van der Waals surface area contributed by atoms with Crippen molar-refractivity contribution in [2.45, 2.75) is 17.9 Å². The Morgan fingerprint density at radius 1 is 1.42 bits per heavy atom. The molecule has 0 radical (unpaired) electrons. The van der Waals surface area contributed by atoms with Gasteiger partial charge in [0.1, 0.15) is 0 Å². The Bertz CT molecular complexity index is 703. The van der Waals surface area contributed by atoms with E-state index in [9.17, 15) is 8.42 Å². The van der Waals surface area contributed by atoms with Crippen molar-refractivity contribution >= 4 is 32.5 Å². The van der Waals surface area contributed by atoms with Crippen LogP contribution in [0.5, 0.6) is 0 Å². The molecule has 1 atom stereocenters. The largest absolute Gasteiger partial charge is 0.395 e. The monoisotopic (exact) mass is 300 g/mol. The number of fused-ring (bicyclic) bond motifs is 1. The van der Waals surface area contributed by atoms with Gasteiger partial charge in [-0.15, -0.1) is 0 Å². The van der Waals surface area contributed by atoms with Crippen LogP contribution in [0.3, 0.4) is 0 Å². The quantitative estimate of drug-likeness (QED) is 0.898. The van der Waals surface area contributed by atoms with Crippen LogP contribution < -0.4 is 4.72 Å². The number of aliphatic hydroxyl groups is 1. The molecular weight excluding hydrogens is 288 g/mol. The Hall–Kier alpha value is -1.21. The fourth-order valence-electron chi connectivity index (χ4n) is 1.71. The highest BCUT2D eigenvalue weighted by Gasteiger charge is 2.20. The van der Waals surface area contributed by atoms with E-state index in [1.807, 2.05) is 0 Å². The van der Waals surface area contributed by atoms with Crippen molar-refractivity contribution in [1.82, 2.24) is 9.71 Å². The predicted molar refractivity (Wildman–Crippen MR) is 73.6 cm³/mol. The molecule has 0 amide bonds. The van der Waals surface area contributed by atoms with Gasteiger partial charge >= 0.3 is 0 Å². The average Bonchev–Trinajstić information content (AvgIpc) is 2.38. The van der Waals surface area contributed by atoms with Gasteiger partial charge in [-0.05, 0) is 31.2 Å². The van der Waals surface area contributed by atoms with Crippen molar-refractivity contribution in [3.63, 3.8) is 0 Å². The molecule has 19 heavy (non-hydrogen) atoms. The highest BCUT2D eigenvalue weighted by molar-refractivity contribution is 7.89. The molecule has 7 heteroatoms. The average molecular weight is 301 g/mol. The highest BCUT2D eigenvalue weighted by atomic mass is 35.5. The maximum Gasteiger partial charge on any atom is 0.241 e. The number of aliphatic hydroxyl groups excluding tert-OH is 1. The van der Waals surface area contributed by atoms with Gasteiger partial charge in [0.15, 0.2) is 0 Å². The maximum atomic E-state index is 12.2. The van der Waals surface area contributed by atoms with Gasteiger partial charge in [0, 0.05) is 17.6 Å². The lowest BCUT2D eigenvalue weighted by Crippen LogP contribution is -2.35. The number of nitrogens with one attached hydrogen (secondary N) is 1. The summed E-state index contributed by atoms with van der Waals surface area (Å²) < 4.78 is 26.9. The second-order valence-corrected chi connectivity index (χ2v) is 6.24. The maximum absolute atomic E-state index is 12.2. The molecule has 0 unspecified atom stereocenters. The molecule has 102 valence electrons. The molecular formula is C12H13ClN2O3S. The van der Waals surface area contributed by atoms with Crippen LogP contribution >= 0.6 is 11.6 Å². The van der Waals surface area contributed by atoms with Crippen LogP contribution in [0.1, 0.15) is 6.92 Å². The zero-order chi connectivity index (χ0) is 14.0. The van der Waals surface area contributed by atoms with Gasteiger partial charge in [-0.2, -0.15) is 0 Å². The predicted octanol–water partition coefficient (Wildman–Crippen LogP) is 1.55. The Morgan fingerprint density at radius 2 is 2.16 bits per heavy atom. The summed E-state index contributed by atoms with van der Waals surface area (Å²) in [5.74, 6) is 0. The summed E-state index contributed by atoms with van der Waals surface area (Å²) >= 11 is 5.99. The number of hydrogen-bond acceptors (Lipinski definition) is 4. The van der Waals surface area contributed by atoms with Crippen LogP contribution in [0.4, 0.5) is 0 Å². The zero-order valence-electron chi connectivity index (χ0n) is 10.2. The molecule has 5 nitrogen and oxygen atoms in total. The first kappa shape index (κ1) is 14.2. The Balaban J connectivity index is 2.60. The molecule has 2 N–H and O–H groups in total. The van der Waals surface area contributed by atoms with Crippen molar-refractivity contribution in [3.05, 3.63) is 35.5 Å². The van der Waals surface area contributed by atoms with Gasteiger partial charge in [0.25, 0.3) is 0 Å². The SMILES string of the molecule is C[C@H](CO)NS(=O)(=O)c1ccc(Cl)c2ncccc12. The summed E-state index contributed by atoms with van der Waals surface area (Å²) in [5, 5.41) is 9.79. The number of halogens is 1. The van der Waals surface area contributed by atoms with Crippen molar-refractivity contribution in [3.8, 4) is 0 Å². The number of pyridine rings is 1. The summed E-state index contributed by atoms with van der Waals surface area (Å²) in [6.07, 6.45) is 1.55. The van der Waals surface area contributed by atoms with E-state index < -0.39 is 16.1 Å². The number of sulfonamides is 1. The Morgan fingerprint density at radius 3 is 2.84 bits per heavy atom. The van der Waals surface area contributed by atoms with Gasteiger partial charge in [0.2, 0.25) is 10.0 Å². The van der Waals surface area contributed by atoms with Crippen LogP contribution in [0, 0.1) is 0 Å². The molecule has 0 aliphatic carbocycles. The summed E-state index contributed by atoms with van der Waals surface area (Å²) in [7, 11) is -3.72. The minimum Gasteiger partial charge on any atom is -0.395 e. The van der Waals surface area contributed by atoms with E-state index >= 15 is 0 Å². The fraction of sp³-hybridized carbons (Fsp3) is 0.250. The first-order valence-corrected chi connectivity index (χ1v) is 7.48. The minimum atomic E-state index is -3.72. The molecule has 1 heterocycles. The Labute approximate surface area is 116 Å². The molecule has 2 aromatic rings. The normalized spacial score (nSPS) is 13.6. The smallest absolute Gasteiger partial charge is 0.241 e. The lowest BCUT2D eigenvalue weighted by molar-refractivity contribution is 0.265. The molecule has 1 aromatic heterocycles. The van der Waals surface area contributed by atoms with Crippen molar-refractivity contribution in [1.29, 1.82) is 0 Å². The second-order valence-electron chi connectivity index (χ2n) is 4.15. The standard InChI is InChI=1S/C12H13ClN2O3S/c1-8(7-16)15-19(17,18)11-5-4-10(13)12-9(11)3-2-6-14-12/h2-6,8,15-16H,7H2,1H3/t8-/m1/s1. The molecule has 0 saturated heterocycles. The fourth-order valence-corrected chi connectivity index (χ4v) is 3.36. The van der Waals surface area contributed by atoms with E-state index in [0.29, 0.717) is 15.9 Å². The zero-order valence-corrected chi connectivity index (χ0v) is 11.7. The van der Waals surface area contributed by atoms with Gasteiger partial charge < -0.3 is 5.11 Å². The third-order valence-electron chi connectivity index (χ3n) is 2.60. The van der Waals surface area contributed by atoms with Crippen LogP contribution in [0.25, 0.3) is 10.9 Å². The van der Waals surface area contributed by atoms with Crippen molar-refractivity contribution in [2.24, 2.45) is 0 Å². The lowest BCUT2D eigenvalue weighted by Gasteiger charge is -2.13. The highest BCUT2D eigenvalue weighted by Crippen LogP contribution is 2.27. The molecule has 0 aliphatic rings. The van der Waals surface area contributed by atoms with Gasteiger partial charge in [0.05, 0.1) is 22.0 Å². The van der Waals surface area contributed by atoms with Crippen LogP contribution in [0.2, 0.25) is 5.02 Å². The molecule has 0 saturated carbocycles. The Kier molecular flexibility index (Phi) is 4.05. The van der Waals surface area contributed by atoms with Gasteiger partial charge in [-0.25, -0.2) is 13.1 Å². The van der Waals surface area contributed by atoms with E-state index in [1.165, 1.54) is 12.1 Å². The minimum absolute atomic E-state index is 0.0975. The number of hydrogen-bond donors (Lipinski definition) is 2. The molecule has 0 aliphatic heterocycles. The van der Waals surface area contributed by atoms with Crippen molar-refractivity contribution in [2.75, 3.05) is 6.61 Å². The number of rotatable bonds is 4. The van der Waals surface area contributed by atoms with E-state index in [1.54, 1.807) is 25.3 Å². The first-order chi connectivity index (χ1) is 8.95. The number of benzene rings is 1. The summed E-state index contributed by atoms with van der Waals surface area (Å²) in [4.78, 5) is 4.18. The number of nitrogens with zero attached hydrogens (tertiary/aromatic N) is 1. The third-order valence-corrected chi connectivity index (χ3v) is 4.55. The first-order valence-electron chi connectivity index (χ1n) is 5.62. The van der Waals surface area contributed by atoms with Crippen LogP contribution in [-0.2, 0) is 10.0 Å². The summed E-state index contributed by atoms with van der Waals surface area (Å²) in [5.41, 5.74) is 0.434. The molecule has 0 fully saturated rings.